The molecule has 0 N–H and O–H groups in total. The summed E-state index contributed by atoms with van der Waals surface area (Å²) in [5.74, 6) is 0. The molecule has 0 aliphatic heterocycles. The second kappa shape index (κ2) is 9.83. The first-order chi connectivity index (χ1) is 18.9. The summed E-state index contributed by atoms with van der Waals surface area (Å²) in [5.41, 5.74) is 8.13. The van der Waals surface area contributed by atoms with Gasteiger partial charge in [0, 0.05) is 36.8 Å². The van der Waals surface area contributed by atoms with Gasteiger partial charge in [-0.1, -0.05) is 87.5 Å². The van der Waals surface area contributed by atoms with Crippen LogP contribution in [0.25, 0.3) is 59.1 Å². The highest BCUT2D eigenvalue weighted by Gasteiger charge is 2.21. The number of nitrogens with zero attached hydrogens (tertiary/aromatic N) is 2. The van der Waals surface area contributed by atoms with E-state index in [1.165, 1.54) is 42.3 Å². The molecular formula is C36H32N2S. The Morgan fingerprint density at radius 1 is 0.769 bits per heavy atom. The van der Waals surface area contributed by atoms with Gasteiger partial charge in [0.05, 0.1) is 22.2 Å². The topological polar surface area (TPSA) is 17.8 Å². The van der Waals surface area contributed by atoms with Gasteiger partial charge < -0.3 is 4.57 Å². The number of hydrogen-bond donors (Lipinski definition) is 0. The molecule has 0 amide bonds. The molecule has 0 saturated carbocycles. The Morgan fingerprint density at radius 2 is 1.51 bits per heavy atom. The van der Waals surface area contributed by atoms with E-state index in [-0.39, 0.29) is 5.41 Å². The van der Waals surface area contributed by atoms with Gasteiger partial charge in [-0.05, 0) is 60.4 Å². The number of benzene rings is 4. The third kappa shape index (κ3) is 4.33. The lowest BCUT2D eigenvalue weighted by molar-refractivity contribution is 0.590. The third-order valence-corrected chi connectivity index (χ3v) is 8.29. The van der Waals surface area contributed by atoms with Crippen LogP contribution in [0.5, 0.6) is 0 Å². The first-order valence-electron chi connectivity index (χ1n) is 13.4. The van der Waals surface area contributed by atoms with Crippen molar-refractivity contribution in [1.29, 1.82) is 0 Å². The van der Waals surface area contributed by atoms with E-state index in [9.17, 15) is 0 Å². The van der Waals surface area contributed by atoms with Crippen molar-refractivity contribution in [3.63, 3.8) is 0 Å². The van der Waals surface area contributed by atoms with Crippen LogP contribution in [0.3, 0.4) is 0 Å². The van der Waals surface area contributed by atoms with Crippen LogP contribution < -0.4 is 0 Å². The lowest BCUT2D eigenvalue weighted by Crippen LogP contribution is -2.11. The van der Waals surface area contributed by atoms with E-state index in [2.05, 4.69) is 135 Å². The Labute approximate surface area is 233 Å². The van der Waals surface area contributed by atoms with E-state index in [1.807, 2.05) is 18.3 Å². The highest BCUT2D eigenvalue weighted by atomic mass is 32.1. The van der Waals surface area contributed by atoms with Gasteiger partial charge in [0.1, 0.15) is 0 Å². The van der Waals surface area contributed by atoms with E-state index >= 15 is 0 Å². The maximum Gasteiger partial charge on any atom is 0.0971 e. The third-order valence-electron chi connectivity index (χ3n) is 7.15. The first-order valence-corrected chi connectivity index (χ1v) is 14.2. The van der Waals surface area contributed by atoms with Gasteiger partial charge in [-0.3, -0.25) is 0 Å². The summed E-state index contributed by atoms with van der Waals surface area (Å²) in [6.45, 7) is 12.1. The highest BCUT2D eigenvalue weighted by Crippen LogP contribution is 2.43. The second-order valence-electron chi connectivity index (χ2n) is 10.9. The van der Waals surface area contributed by atoms with Crippen LogP contribution >= 0.6 is 11.3 Å². The minimum Gasteiger partial charge on any atom is -0.307 e. The molecular weight excluding hydrogens is 492 g/mol. The zero-order valence-corrected chi connectivity index (χ0v) is 23.7. The van der Waals surface area contributed by atoms with Crippen molar-refractivity contribution in [3.8, 4) is 16.9 Å². The van der Waals surface area contributed by atoms with Crippen molar-refractivity contribution in [2.75, 3.05) is 0 Å². The molecule has 3 heterocycles. The van der Waals surface area contributed by atoms with Gasteiger partial charge in [0.15, 0.2) is 0 Å². The fraction of sp³-hybridized carbons (Fsp3) is 0.139. The van der Waals surface area contributed by atoms with Gasteiger partial charge in [-0.25, -0.2) is 4.98 Å². The summed E-state index contributed by atoms with van der Waals surface area (Å²) in [5, 5.41) is 3.82. The second-order valence-corrected chi connectivity index (χ2v) is 12.0. The molecule has 192 valence electrons. The zero-order valence-electron chi connectivity index (χ0n) is 22.9. The first kappa shape index (κ1) is 25.1. The molecule has 0 spiro atoms. The Hall–Kier alpha value is -4.21. The van der Waals surface area contributed by atoms with Crippen LogP contribution in [-0.2, 0) is 5.41 Å². The highest BCUT2D eigenvalue weighted by molar-refractivity contribution is 7.26. The number of rotatable bonds is 2. The van der Waals surface area contributed by atoms with E-state index < -0.39 is 0 Å². The van der Waals surface area contributed by atoms with Gasteiger partial charge in [-0.15, -0.1) is 17.9 Å². The molecule has 7 rings (SSSR count). The standard InChI is InChI=1S/C33H26N2S.C3H6/c1-33(2,3)22-12-9-13-23(20-22)35-27-18-17-26(21-10-5-4-6-11-21)34-31(27)25-16-19-29-30(32(25)35)24-14-7-8-15-28(24)36-29;1-3-2/h4-20H,1-3H3;3H,1H2,2H3. The molecule has 2 nitrogen and oxygen atoms in total. The van der Waals surface area contributed by atoms with E-state index in [0.717, 1.165) is 22.3 Å². The summed E-state index contributed by atoms with van der Waals surface area (Å²) in [4.78, 5) is 5.24. The molecule has 3 heteroatoms. The lowest BCUT2D eigenvalue weighted by atomic mass is 9.87. The van der Waals surface area contributed by atoms with Crippen molar-refractivity contribution in [2.24, 2.45) is 0 Å². The summed E-state index contributed by atoms with van der Waals surface area (Å²) in [7, 11) is 0. The zero-order chi connectivity index (χ0) is 27.1. The minimum atomic E-state index is 0.0674. The molecule has 0 aliphatic rings. The molecule has 0 atom stereocenters. The Bertz CT molecular complexity index is 1970. The molecule has 39 heavy (non-hydrogen) atoms. The van der Waals surface area contributed by atoms with Gasteiger partial charge >= 0.3 is 0 Å². The summed E-state index contributed by atoms with van der Waals surface area (Å²) in [6, 6.07) is 37.1. The molecule has 0 aliphatic carbocycles. The van der Waals surface area contributed by atoms with Crippen molar-refractivity contribution in [1.82, 2.24) is 9.55 Å². The molecule has 4 aromatic carbocycles. The molecule has 0 unspecified atom stereocenters. The Balaban J connectivity index is 0.000000883. The van der Waals surface area contributed by atoms with Crippen LogP contribution in [0.4, 0.5) is 0 Å². The summed E-state index contributed by atoms with van der Waals surface area (Å²) in [6.07, 6.45) is 1.75. The number of thiophene rings is 1. The predicted molar refractivity (Wildman–Crippen MR) is 171 cm³/mol. The average molecular weight is 525 g/mol. The lowest BCUT2D eigenvalue weighted by Gasteiger charge is -2.20. The van der Waals surface area contributed by atoms with Crippen molar-refractivity contribution < 1.29 is 0 Å². The number of fused-ring (bicyclic) bond motifs is 7. The van der Waals surface area contributed by atoms with Crippen LogP contribution in [0.1, 0.15) is 33.3 Å². The number of allylic oxidation sites excluding steroid dienone is 1. The fourth-order valence-corrected chi connectivity index (χ4v) is 6.43. The molecule has 0 fully saturated rings. The number of pyridine rings is 1. The van der Waals surface area contributed by atoms with Crippen LogP contribution in [0.2, 0.25) is 0 Å². The van der Waals surface area contributed by atoms with Gasteiger partial charge in [-0.2, -0.15) is 0 Å². The molecule has 3 aromatic heterocycles. The normalized spacial score (nSPS) is 11.7. The Kier molecular flexibility index (Phi) is 6.32. The van der Waals surface area contributed by atoms with E-state index in [1.54, 1.807) is 6.08 Å². The monoisotopic (exact) mass is 524 g/mol. The number of aromatic nitrogens is 2. The molecule has 0 bridgehead atoms. The van der Waals surface area contributed by atoms with Gasteiger partial charge in [0.25, 0.3) is 0 Å². The predicted octanol–water partition coefficient (Wildman–Crippen LogP) is 10.7. The maximum atomic E-state index is 5.24. The molecule has 0 saturated heterocycles. The summed E-state index contributed by atoms with van der Waals surface area (Å²) < 4.78 is 5.06. The molecule has 0 radical (unpaired) electrons. The van der Waals surface area contributed by atoms with E-state index in [4.69, 9.17) is 4.98 Å². The van der Waals surface area contributed by atoms with Crippen molar-refractivity contribution in [3.05, 3.63) is 121 Å². The van der Waals surface area contributed by atoms with Crippen molar-refractivity contribution in [2.45, 2.75) is 33.1 Å². The SMILES string of the molecule is C=CC.CC(C)(C)c1cccc(-n2c3ccc(-c4ccccc4)nc3c3ccc4sc5ccccc5c4c32)c1. The number of hydrogen-bond acceptors (Lipinski definition) is 2. The molecule has 7 aromatic rings. The van der Waals surface area contributed by atoms with Crippen molar-refractivity contribution >= 4 is 53.4 Å². The van der Waals surface area contributed by atoms with E-state index in [0.29, 0.717) is 0 Å². The average Bonchev–Trinajstić information content (AvgIpc) is 3.49. The Morgan fingerprint density at radius 3 is 2.28 bits per heavy atom. The fourth-order valence-electron chi connectivity index (χ4n) is 5.32. The largest absolute Gasteiger partial charge is 0.307 e. The van der Waals surface area contributed by atoms with Crippen LogP contribution in [0, 0.1) is 0 Å². The van der Waals surface area contributed by atoms with Crippen LogP contribution in [0.15, 0.2) is 116 Å². The minimum absolute atomic E-state index is 0.0674. The smallest absolute Gasteiger partial charge is 0.0971 e. The van der Waals surface area contributed by atoms with Gasteiger partial charge in [0.2, 0.25) is 0 Å². The quantitative estimate of drug-likeness (QED) is 0.206. The van der Waals surface area contributed by atoms with Crippen LogP contribution in [-0.4, -0.2) is 9.55 Å². The summed E-state index contributed by atoms with van der Waals surface area (Å²) >= 11 is 1.86. The maximum absolute atomic E-state index is 5.24.